The van der Waals surface area contributed by atoms with Gasteiger partial charge >= 0.3 is 5.97 Å². The third-order valence-electron chi connectivity index (χ3n) is 1.84. The van der Waals surface area contributed by atoms with E-state index in [0.29, 0.717) is 16.3 Å². The maximum Gasteiger partial charge on any atom is 0.326 e. The Morgan fingerprint density at radius 1 is 1.67 bits per heavy atom. The van der Waals surface area contributed by atoms with Crippen LogP contribution >= 0.6 is 22.9 Å². The standard InChI is InChI=1S/C9H10ClNO3S/c1-2-6(9(13)14)11-8(12)7-5(10)3-4-15-7/h3-4,6H,2H2,1H3,(H,11,12)(H,13,14)/t6-/m1/s1. The molecule has 0 aromatic carbocycles. The van der Waals surface area contributed by atoms with Gasteiger partial charge in [0.25, 0.3) is 5.91 Å². The number of hydrogen-bond donors (Lipinski definition) is 2. The molecule has 82 valence electrons. The Labute approximate surface area is 95.9 Å². The molecule has 1 rings (SSSR count). The van der Waals surface area contributed by atoms with Crippen molar-refractivity contribution < 1.29 is 14.7 Å². The number of hydrogen-bond acceptors (Lipinski definition) is 3. The van der Waals surface area contributed by atoms with E-state index < -0.39 is 17.9 Å². The number of carboxylic acid groups (broad SMARTS) is 1. The Balaban J connectivity index is 2.71. The van der Waals surface area contributed by atoms with Gasteiger partial charge in [-0.2, -0.15) is 0 Å². The van der Waals surface area contributed by atoms with Crippen LogP contribution < -0.4 is 5.32 Å². The number of aliphatic carboxylic acids is 1. The monoisotopic (exact) mass is 247 g/mol. The van der Waals surface area contributed by atoms with Gasteiger partial charge in [0.2, 0.25) is 0 Å². The van der Waals surface area contributed by atoms with E-state index >= 15 is 0 Å². The average Bonchev–Trinajstić information content (AvgIpc) is 2.60. The van der Waals surface area contributed by atoms with E-state index in [9.17, 15) is 9.59 Å². The van der Waals surface area contributed by atoms with Crippen molar-refractivity contribution >= 4 is 34.8 Å². The second-order valence-corrected chi connectivity index (χ2v) is 4.19. The summed E-state index contributed by atoms with van der Waals surface area (Å²) in [5.74, 6) is -1.48. The highest BCUT2D eigenvalue weighted by Gasteiger charge is 2.20. The first kappa shape index (κ1) is 12.0. The number of carbonyl (C=O) groups is 2. The maximum absolute atomic E-state index is 11.6. The molecule has 0 radical (unpaired) electrons. The summed E-state index contributed by atoms with van der Waals surface area (Å²) in [5, 5.41) is 13.2. The number of carbonyl (C=O) groups excluding carboxylic acids is 1. The Morgan fingerprint density at radius 2 is 2.33 bits per heavy atom. The van der Waals surface area contributed by atoms with E-state index in [2.05, 4.69) is 5.32 Å². The van der Waals surface area contributed by atoms with Crippen LogP contribution in [0.1, 0.15) is 23.0 Å². The van der Waals surface area contributed by atoms with E-state index in [1.807, 2.05) is 0 Å². The number of amides is 1. The van der Waals surface area contributed by atoms with E-state index in [-0.39, 0.29) is 0 Å². The number of nitrogens with one attached hydrogen (secondary N) is 1. The molecule has 0 spiro atoms. The zero-order chi connectivity index (χ0) is 11.4. The summed E-state index contributed by atoms with van der Waals surface area (Å²) in [6.45, 7) is 1.69. The Bertz CT molecular complexity index is 377. The molecule has 0 unspecified atom stereocenters. The zero-order valence-electron chi connectivity index (χ0n) is 7.99. The molecule has 4 nitrogen and oxygen atoms in total. The molecule has 6 heteroatoms. The van der Waals surface area contributed by atoms with Gasteiger partial charge in [0.15, 0.2) is 0 Å². The lowest BCUT2D eigenvalue weighted by Crippen LogP contribution is -2.40. The summed E-state index contributed by atoms with van der Waals surface area (Å²) in [5.41, 5.74) is 0. The molecule has 1 heterocycles. The quantitative estimate of drug-likeness (QED) is 0.855. The minimum Gasteiger partial charge on any atom is -0.480 e. The van der Waals surface area contributed by atoms with Crippen molar-refractivity contribution in [2.24, 2.45) is 0 Å². The lowest BCUT2D eigenvalue weighted by molar-refractivity contribution is -0.139. The Morgan fingerprint density at radius 3 is 2.73 bits per heavy atom. The summed E-state index contributed by atoms with van der Waals surface area (Å²) in [7, 11) is 0. The highest BCUT2D eigenvalue weighted by atomic mass is 35.5. The van der Waals surface area contributed by atoms with E-state index in [0.717, 1.165) is 0 Å². The molecule has 0 aliphatic carbocycles. The van der Waals surface area contributed by atoms with Crippen molar-refractivity contribution in [3.63, 3.8) is 0 Å². The van der Waals surface area contributed by atoms with Gasteiger partial charge in [0.05, 0.1) is 5.02 Å². The predicted molar refractivity (Wildman–Crippen MR) is 58.5 cm³/mol. The molecule has 0 saturated heterocycles. The summed E-state index contributed by atoms with van der Waals surface area (Å²) < 4.78 is 0. The van der Waals surface area contributed by atoms with E-state index in [1.165, 1.54) is 11.3 Å². The first-order chi connectivity index (χ1) is 7.06. The van der Waals surface area contributed by atoms with Gasteiger partial charge in [-0.25, -0.2) is 4.79 Å². The van der Waals surface area contributed by atoms with Crippen LogP contribution in [0.2, 0.25) is 5.02 Å². The number of halogens is 1. The molecule has 0 aliphatic heterocycles. The lowest BCUT2D eigenvalue weighted by Gasteiger charge is -2.11. The molecule has 0 aliphatic rings. The molecule has 2 N–H and O–H groups in total. The number of carboxylic acids is 1. The van der Waals surface area contributed by atoms with Crippen molar-refractivity contribution in [2.45, 2.75) is 19.4 Å². The first-order valence-electron chi connectivity index (χ1n) is 4.33. The number of thiophene rings is 1. The molecular weight excluding hydrogens is 238 g/mol. The summed E-state index contributed by atoms with van der Waals surface area (Å²) in [6.07, 6.45) is 0.337. The van der Waals surface area contributed by atoms with E-state index in [1.54, 1.807) is 18.4 Å². The lowest BCUT2D eigenvalue weighted by atomic mass is 10.2. The second kappa shape index (κ2) is 5.14. The molecule has 1 aromatic rings. The van der Waals surface area contributed by atoms with Crippen molar-refractivity contribution in [1.82, 2.24) is 5.32 Å². The van der Waals surface area contributed by atoms with Crippen LogP contribution in [0.25, 0.3) is 0 Å². The fourth-order valence-corrected chi connectivity index (χ4v) is 2.06. The first-order valence-corrected chi connectivity index (χ1v) is 5.58. The third kappa shape index (κ3) is 2.94. The second-order valence-electron chi connectivity index (χ2n) is 2.87. The van der Waals surface area contributed by atoms with Crippen LogP contribution in [-0.4, -0.2) is 23.0 Å². The van der Waals surface area contributed by atoms with Gasteiger partial charge in [-0.15, -0.1) is 11.3 Å². The van der Waals surface area contributed by atoms with Crippen molar-refractivity contribution in [3.8, 4) is 0 Å². The fourth-order valence-electron chi connectivity index (χ4n) is 1.02. The van der Waals surface area contributed by atoms with E-state index in [4.69, 9.17) is 16.7 Å². The average molecular weight is 248 g/mol. The van der Waals surface area contributed by atoms with Crippen LogP contribution in [0, 0.1) is 0 Å². The molecule has 0 fully saturated rings. The van der Waals surface area contributed by atoms with Crippen molar-refractivity contribution in [3.05, 3.63) is 21.3 Å². The smallest absolute Gasteiger partial charge is 0.326 e. The van der Waals surface area contributed by atoms with Crippen molar-refractivity contribution in [2.75, 3.05) is 0 Å². The van der Waals surface area contributed by atoms with Crippen LogP contribution in [0.3, 0.4) is 0 Å². The molecule has 1 aromatic heterocycles. The predicted octanol–water partition coefficient (Wildman–Crippen LogP) is 1.99. The van der Waals surface area contributed by atoms with Gasteiger partial charge in [-0.3, -0.25) is 4.79 Å². The fraction of sp³-hybridized carbons (Fsp3) is 0.333. The van der Waals surface area contributed by atoms with Crippen molar-refractivity contribution in [1.29, 1.82) is 0 Å². The highest BCUT2D eigenvalue weighted by molar-refractivity contribution is 7.12. The SMILES string of the molecule is CC[C@@H](NC(=O)c1sccc1Cl)C(=O)O. The minimum atomic E-state index is -1.04. The zero-order valence-corrected chi connectivity index (χ0v) is 9.56. The minimum absolute atomic E-state index is 0.337. The molecular formula is C9H10ClNO3S. The van der Waals surface area contributed by atoms with Gasteiger partial charge < -0.3 is 10.4 Å². The van der Waals surface area contributed by atoms with Gasteiger partial charge in [-0.1, -0.05) is 18.5 Å². The third-order valence-corrected chi connectivity index (χ3v) is 3.18. The normalized spacial score (nSPS) is 12.1. The topological polar surface area (TPSA) is 66.4 Å². The van der Waals surface area contributed by atoms with Crippen LogP contribution in [0.5, 0.6) is 0 Å². The number of rotatable bonds is 4. The van der Waals surface area contributed by atoms with Gasteiger partial charge in [0.1, 0.15) is 10.9 Å². The molecule has 0 saturated carbocycles. The van der Waals surface area contributed by atoms with Crippen LogP contribution in [-0.2, 0) is 4.79 Å². The summed E-state index contributed by atoms with van der Waals surface area (Å²) >= 11 is 6.93. The van der Waals surface area contributed by atoms with Gasteiger partial charge in [-0.05, 0) is 17.9 Å². The van der Waals surface area contributed by atoms with Crippen LogP contribution in [0.4, 0.5) is 0 Å². The molecule has 0 bridgehead atoms. The van der Waals surface area contributed by atoms with Gasteiger partial charge in [0, 0.05) is 0 Å². The molecule has 1 atom stereocenters. The van der Waals surface area contributed by atoms with Crippen LogP contribution in [0.15, 0.2) is 11.4 Å². The summed E-state index contributed by atoms with van der Waals surface area (Å²) in [4.78, 5) is 22.6. The molecule has 1 amide bonds. The maximum atomic E-state index is 11.6. The highest BCUT2D eigenvalue weighted by Crippen LogP contribution is 2.21. The Kier molecular flexibility index (Phi) is 4.11. The Hall–Kier alpha value is -1.07. The largest absolute Gasteiger partial charge is 0.480 e. The summed E-state index contributed by atoms with van der Waals surface area (Å²) in [6, 6.07) is 0.735. The molecule has 15 heavy (non-hydrogen) atoms.